The lowest BCUT2D eigenvalue weighted by atomic mass is 10.1. The summed E-state index contributed by atoms with van der Waals surface area (Å²) in [5.41, 5.74) is 1.13. The minimum atomic E-state index is -0.418. The summed E-state index contributed by atoms with van der Waals surface area (Å²) in [4.78, 5) is 11.7. The molecule has 2 N–H and O–H groups in total. The van der Waals surface area contributed by atoms with Crippen molar-refractivity contribution in [1.29, 1.82) is 5.26 Å². The van der Waals surface area contributed by atoms with Crippen molar-refractivity contribution in [3.05, 3.63) is 40.9 Å². The number of anilines is 1. The van der Waals surface area contributed by atoms with Crippen molar-refractivity contribution in [2.75, 3.05) is 11.9 Å². The molecule has 18 heavy (non-hydrogen) atoms. The predicted octanol–water partition coefficient (Wildman–Crippen LogP) is 2.42. The smallest absolute Gasteiger partial charge is 0.242 e. The lowest BCUT2D eigenvalue weighted by Crippen LogP contribution is -2.37. The molecule has 0 aliphatic rings. The largest absolute Gasteiger partial charge is 0.373 e. The molecule has 0 radical (unpaired) electrons. The van der Waals surface area contributed by atoms with Crippen LogP contribution in [0.25, 0.3) is 0 Å². The van der Waals surface area contributed by atoms with Crippen LogP contribution in [-0.2, 0) is 4.79 Å². The fraction of sp³-hybridized carbons (Fsp3) is 0.231. The van der Waals surface area contributed by atoms with Crippen LogP contribution in [0.1, 0.15) is 12.5 Å². The van der Waals surface area contributed by atoms with Crippen molar-refractivity contribution in [3.63, 3.8) is 0 Å². The van der Waals surface area contributed by atoms with Crippen LogP contribution in [-0.4, -0.2) is 18.5 Å². The zero-order chi connectivity index (χ0) is 13.5. The summed E-state index contributed by atoms with van der Waals surface area (Å²) in [5.74, 6) is -0.137. The number of benzene rings is 1. The molecule has 0 aromatic heterocycles. The topological polar surface area (TPSA) is 64.9 Å². The third kappa shape index (κ3) is 3.90. The average Bonchev–Trinajstić information content (AvgIpc) is 2.37. The highest BCUT2D eigenvalue weighted by Crippen LogP contribution is 2.20. The van der Waals surface area contributed by atoms with E-state index in [1.807, 2.05) is 6.07 Å². The van der Waals surface area contributed by atoms with E-state index in [2.05, 4.69) is 39.2 Å². The summed E-state index contributed by atoms with van der Waals surface area (Å²) in [6.07, 6.45) is 1.62. The molecule has 5 heteroatoms. The van der Waals surface area contributed by atoms with Crippen LogP contribution in [0, 0.1) is 11.3 Å². The van der Waals surface area contributed by atoms with E-state index in [1.54, 1.807) is 25.1 Å². The Morgan fingerprint density at radius 3 is 3.00 bits per heavy atom. The Morgan fingerprint density at radius 1 is 1.67 bits per heavy atom. The minimum Gasteiger partial charge on any atom is -0.373 e. The zero-order valence-electron chi connectivity index (χ0n) is 10.0. The maximum atomic E-state index is 11.7. The van der Waals surface area contributed by atoms with Crippen LogP contribution in [0.15, 0.2) is 35.3 Å². The molecule has 1 rings (SSSR count). The van der Waals surface area contributed by atoms with E-state index in [-0.39, 0.29) is 5.91 Å². The lowest BCUT2D eigenvalue weighted by Gasteiger charge is -2.15. The molecule has 0 saturated heterocycles. The number of hydrogen-bond acceptors (Lipinski definition) is 3. The second-order valence-electron chi connectivity index (χ2n) is 3.70. The van der Waals surface area contributed by atoms with Gasteiger partial charge in [-0.2, -0.15) is 5.26 Å². The summed E-state index contributed by atoms with van der Waals surface area (Å²) in [6, 6.07) is 6.95. The van der Waals surface area contributed by atoms with Crippen LogP contribution in [0.3, 0.4) is 0 Å². The summed E-state index contributed by atoms with van der Waals surface area (Å²) >= 11 is 3.30. The molecule has 1 aromatic rings. The third-order valence-electron chi connectivity index (χ3n) is 2.29. The van der Waals surface area contributed by atoms with Gasteiger partial charge >= 0.3 is 0 Å². The minimum absolute atomic E-state index is 0.137. The fourth-order valence-corrected chi connectivity index (χ4v) is 1.72. The third-order valence-corrected chi connectivity index (χ3v) is 2.78. The molecule has 1 atom stereocenters. The molecule has 4 nitrogen and oxygen atoms in total. The maximum absolute atomic E-state index is 11.7. The first kappa shape index (κ1) is 14.3. The van der Waals surface area contributed by atoms with E-state index in [0.717, 1.165) is 4.47 Å². The van der Waals surface area contributed by atoms with Crippen LogP contribution >= 0.6 is 15.9 Å². The summed E-state index contributed by atoms with van der Waals surface area (Å²) in [6.45, 7) is 5.69. The van der Waals surface area contributed by atoms with Gasteiger partial charge in [-0.15, -0.1) is 6.58 Å². The van der Waals surface area contributed by atoms with E-state index in [4.69, 9.17) is 5.26 Å². The van der Waals surface area contributed by atoms with Crippen molar-refractivity contribution in [2.24, 2.45) is 0 Å². The van der Waals surface area contributed by atoms with Crippen molar-refractivity contribution < 1.29 is 4.79 Å². The highest BCUT2D eigenvalue weighted by molar-refractivity contribution is 9.10. The van der Waals surface area contributed by atoms with Gasteiger partial charge in [-0.25, -0.2) is 0 Å². The SMILES string of the molecule is C=CCNC(=O)C(C)Nc1ccc(Br)cc1C#N. The summed E-state index contributed by atoms with van der Waals surface area (Å²) < 4.78 is 0.827. The fourth-order valence-electron chi connectivity index (χ4n) is 1.36. The van der Waals surface area contributed by atoms with Crippen molar-refractivity contribution in [2.45, 2.75) is 13.0 Å². The molecule has 0 fully saturated rings. The molecule has 1 amide bonds. The van der Waals surface area contributed by atoms with Gasteiger partial charge in [0.1, 0.15) is 12.1 Å². The summed E-state index contributed by atoms with van der Waals surface area (Å²) in [5, 5.41) is 14.7. The van der Waals surface area contributed by atoms with E-state index in [9.17, 15) is 4.79 Å². The maximum Gasteiger partial charge on any atom is 0.242 e. The van der Waals surface area contributed by atoms with Crippen LogP contribution in [0.2, 0.25) is 0 Å². The Labute approximate surface area is 115 Å². The summed E-state index contributed by atoms with van der Waals surface area (Å²) in [7, 11) is 0. The number of amides is 1. The number of nitrogens with one attached hydrogen (secondary N) is 2. The van der Waals surface area contributed by atoms with Gasteiger partial charge in [-0.05, 0) is 25.1 Å². The number of carbonyl (C=O) groups is 1. The number of hydrogen-bond donors (Lipinski definition) is 2. The molecule has 94 valence electrons. The van der Waals surface area contributed by atoms with Crippen molar-refractivity contribution in [3.8, 4) is 6.07 Å². The molecule has 1 unspecified atom stereocenters. The van der Waals surface area contributed by atoms with Gasteiger partial charge in [0.25, 0.3) is 0 Å². The molecular formula is C13H14BrN3O. The van der Waals surface area contributed by atoms with Gasteiger partial charge in [0.05, 0.1) is 11.3 Å². The van der Waals surface area contributed by atoms with Gasteiger partial charge in [0, 0.05) is 11.0 Å². The van der Waals surface area contributed by atoms with Crippen molar-refractivity contribution >= 4 is 27.5 Å². The van der Waals surface area contributed by atoms with Crippen molar-refractivity contribution in [1.82, 2.24) is 5.32 Å². The molecule has 0 saturated carbocycles. The van der Waals surface area contributed by atoms with Gasteiger partial charge in [0.2, 0.25) is 5.91 Å². The van der Waals surface area contributed by atoms with Gasteiger partial charge in [-0.3, -0.25) is 4.79 Å². The predicted molar refractivity (Wildman–Crippen MR) is 75.1 cm³/mol. The quantitative estimate of drug-likeness (QED) is 0.821. The monoisotopic (exact) mass is 307 g/mol. The Kier molecular flexibility index (Phi) is 5.40. The van der Waals surface area contributed by atoms with Crippen LogP contribution in [0.4, 0.5) is 5.69 Å². The highest BCUT2D eigenvalue weighted by Gasteiger charge is 2.13. The van der Waals surface area contributed by atoms with E-state index >= 15 is 0 Å². The van der Waals surface area contributed by atoms with E-state index in [1.165, 1.54) is 0 Å². The number of rotatable bonds is 5. The highest BCUT2D eigenvalue weighted by atomic mass is 79.9. The molecule has 0 heterocycles. The number of halogens is 1. The second-order valence-corrected chi connectivity index (χ2v) is 4.62. The van der Waals surface area contributed by atoms with Crippen LogP contribution in [0.5, 0.6) is 0 Å². The molecule has 0 aliphatic carbocycles. The molecule has 0 aliphatic heterocycles. The molecule has 0 bridgehead atoms. The van der Waals surface area contributed by atoms with Gasteiger partial charge < -0.3 is 10.6 Å². The first-order chi connectivity index (χ1) is 8.58. The number of nitrogens with zero attached hydrogens (tertiary/aromatic N) is 1. The molecule has 1 aromatic carbocycles. The van der Waals surface area contributed by atoms with Crippen LogP contribution < -0.4 is 10.6 Å². The standard InChI is InChI=1S/C13H14BrN3O/c1-3-6-16-13(18)9(2)17-12-5-4-11(14)7-10(12)8-15/h3-5,7,9,17H,1,6H2,2H3,(H,16,18). The first-order valence-electron chi connectivity index (χ1n) is 5.43. The molecular weight excluding hydrogens is 294 g/mol. The zero-order valence-corrected chi connectivity index (χ0v) is 11.6. The Balaban J connectivity index is 2.75. The molecule has 0 spiro atoms. The normalized spacial score (nSPS) is 11.2. The van der Waals surface area contributed by atoms with E-state index < -0.39 is 6.04 Å². The number of carbonyl (C=O) groups excluding carboxylic acids is 1. The lowest BCUT2D eigenvalue weighted by molar-refractivity contribution is -0.121. The van der Waals surface area contributed by atoms with Gasteiger partial charge in [-0.1, -0.05) is 22.0 Å². The Hall–Kier alpha value is -1.80. The first-order valence-corrected chi connectivity index (χ1v) is 6.22. The Bertz CT molecular complexity index is 493. The Morgan fingerprint density at radius 2 is 2.39 bits per heavy atom. The average molecular weight is 308 g/mol. The second kappa shape index (κ2) is 6.82. The van der Waals surface area contributed by atoms with Gasteiger partial charge in [0.15, 0.2) is 0 Å². The number of nitriles is 1. The van der Waals surface area contributed by atoms with E-state index in [0.29, 0.717) is 17.8 Å².